The van der Waals surface area contributed by atoms with Crippen LogP contribution in [0.3, 0.4) is 0 Å². The first-order valence-corrected chi connectivity index (χ1v) is 16.5. The Labute approximate surface area is 240 Å². The molecule has 0 aromatic carbocycles. The molecule has 4 bridgehead atoms. The van der Waals surface area contributed by atoms with Gasteiger partial charge in [-0.2, -0.15) is 11.8 Å². The van der Waals surface area contributed by atoms with Crippen molar-refractivity contribution in [2.75, 3.05) is 24.6 Å². The lowest BCUT2D eigenvalue weighted by Gasteiger charge is -2.57. The number of alkyl carbamates (subject to hydrolysis) is 1. The summed E-state index contributed by atoms with van der Waals surface area (Å²) in [4.78, 5) is 33.0. The minimum absolute atomic E-state index is 0.0538. The van der Waals surface area contributed by atoms with Gasteiger partial charge in [-0.1, -0.05) is 19.8 Å². The molecule has 2 amide bonds. The van der Waals surface area contributed by atoms with E-state index >= 15 is 0 Å². The minimum Gasteiger partial charge on any atom is -0.444 e. The van der Waals surface area contributed by atoms with E-state index in [2.05, 4.69) is 22.1 Å². The second-order valence-electron chi connectivity index (χ2n) is 13.6. The number of nitrogens with one attached hydrogen (secondary N) is 1. The maximum atomic E-state index is 14.1. The van der Waals surface area contributed by atoms with Gasteiger partial charge < -0.3 is 15.0 Å². The molecular formula is C32H51N3O3S. The molecule has 1 heterocycles. The van der Waals surface area contributed by atoms with Crippen LogP contribution in [0, 0.1) is 23.2 Å². The van der Waals surface area contributed by atoms with E-state index in [4.69, 9.17) is 4.74 Å². The van der Waals surface area contributed by atoms with Crippen LogP contribution in [0.4, 0.5) is 4.79 Å². The van der Waals surface area contributed by atoms with Crippen LogP contribution in [-0.2, 0) is 16.0 Å². The Kier molecular flexibility index (Phi) is 10.6. The zero-order valence-electron chi connectivity index (χ0n) is 24.8. The van der Waals surface area contributed by atoms with Crippen LogP contribution in [0.5, 0.6) is 0 Å². The number of nitrogens with zero attached hydrogens (tertiary/aromatic N) is 2. The van der Waals surface area contributed by atoms with Gasteiger partial charge in [0, 0.05) is 31.2 Å². The third kappa shape index (κ3) is 9.12. The summed E-state index contributed by atoms with van der Waals surface area (Å²) in [6, 6.07) is 3.48. The molecule has 0 spiro atoms. The van der Waals surface area contributed by atoms with Gasteiger partial charge in [0.2, 0.25) is 5.91 Å². The molecule has 39 heavy (non-hydrogen) atoms. The SMILES string of the molecule is CCCCCN(CCC12CC3CC(CC(C3)C1)C2)C(=O)C(CSCCc1ccncc1)NC(=O)OC(C)(C)C. The quantitative estimate of drug-likeness (QED) is 0.253. The van der Waals surface area contributed by atoms with E-state index in [-0.39, 0.29) is 5.91 Å². The molecule has 1 aromatic heterocycles. The Balaban J connectivity index is 1.40. The fourth-order valence-corrected chi connectivity index (χ4v) is 8.65. The lowest BCUT2D eigenvalue weighted by atomic mass is 9.49. The standard InChI is InChI=1S/C32H51N3O3S/c1-5-6-7-14-35(15-11-32-20-25-17-26(21-32)19-27(18-25)22-32)29(36)28(34-30(37)38-31(2,3)4)23-39-16-10-24-8-12-33-13-9-24/h8-9,12-13,25-28H,5-7,10-11,14-23H2,1-4H3,(H,34,37). The predicted molar refractivity (Wildman–Crippen MR) is 160 cm³/mol. The summed E-state index contributed by atoms with van der Waals surface area (Å²) >= 11 is 1.72. The minimum atomic E-state index is -0.606. The number of hydrogen-bond donors (Lipinski definition) is 1. The highest BCUT2D eigenvalue weighted by Crippen LogP contribution is 2.61. The summed E-state index contributed by atoms with van der Waals surface area (Å²) in [5.41, 5.74) is 1.06. The number of carbonyl (C=O) groups is 2. The molecule has 0 saturated heterocycles. The number of ether oxygens (including phenoxy) is 1. The Bertz CT molecular complexity index is 897. The van der Waals surface area contributed by atoms with Crippen LogP contribution >= 0.6 is 11.8 Å². The van der Waals surface area contributed by atoms with E-state index in [1.165, 1.54) is 44.1 Å². The van der Waals surface area contributed by atoms with Crippen molar-refractivity contribution in [3.63, 3.8) is 0 Å². The fourth-order valence-electron chi connectivity index (χ4n) is 7.64. The van der Waals surface area contributed by atoms with E-state index < -0.39 is 17.7 Å². The van der Waals surface area contributed by atoms with Gasteiger partial charge in [0.05, 0.1) is 0 Å². The Morgan fingerprint density at radius 2 is 1.72 bits per heavy atom. The Hall–Kier alpha value is -1.76. The molecule has 0 radical (unpaired) electrons. The van der Waals surface area contributed by atoms with Gasteiger partial charge >= 0.3 is 6.09 Å². The number of pyridine rings is 1. The highest BCUT2D eigenvalue weighted by molar-refractivity contribution is 7.99. The molecule has 6 nitrogen and oxygen atoms in total. The number of aryl methyl sites for hydroxylation is 1. The summed E-state index contributed by atoms with van der Waals surface area (Å²) in [5.74, 6) is 4.23. The van der Waals surface area contributed by atoms with Crippen molar-refractivity contribution in [2.45, 2.75) is 110 Å². The summed E-state index contributed by atoms with van der Waals surface area (Å²) in [6.45, 7) is 9.35. The van der Waals surface area contributed by atoms with Crippen LogP contribution in [0.25, 0.3) is 0 Å². The van der Waals surface area contributed by atoms with Crippen LogP contribution < -0.4 is 5.32 Å². The van der Waals surface area contributed by atoms with Crippen LogP contribution in [0.15, 0.2) is 24.5 Å². The second kappa shape index (κ2) is 13.7. The third-order valence-corrected chi connectivity index (χ3v) is 10.0. The molecule has 7 heteroatoms. The van der Waals surface area contributed by atoms with Gasteiger partial charge in [-0.05, 0) is 125 Å². The van der Waals surface area contributed by atoms with Gasteiger partial charge in [0.25, 0.3) is 0 Å². The van der Waals surface area contributed by atoms with E-state index in [1.54, 1.807) is 11.8 Å². The Morgan fingerprint density at radius 3 is 2.31 bits per heavy atom. The fraction of sp³-hybridized carbons (Fsp3) is 0.781. The van der Waals surface area contributed by atoms with Crippen molar-refractivity contribution in [3.05, 3.63) is 30.1 Å². The first-order chi connectivity index (χ1) is 18.6. The molecule has 218 valence electrons. The van der Waals surface area contributed by atoms with Gasteiger partial charge in [-0.15, -0.1) is 0 Å². The number of amides is 2. The molecule has 0 aliphatic heterocycles. The second-order valence-corrected chi connectivity index (χ2v) is 14.7. The van der Waals surface area contributed by atoms with Crippen molar-refractivity contribution in [3.8, 4) is 0 Å². The van der Waals surface area contributed by atoms with Crippen LogP contribution in [0.1, 0.15) is 97.5 Å². The van der Waals surface area contributed by atoms with Crippen LogP contribution in [0.2, 0.25) is 0 Å². The van der Waals surface area contributed by atoms with Gasteiger partial charge in [0.15, 0.2) is 0 Å². The normalized spacial score (nSPS) is 26.3. The number of thioether (sulfide) groups is 1. The van der Waals surface area contributed by atoms with Crippen LogP contribution in [-0.4, -0.2) is 58.1 Å². The molecule has 5 rings (SSSR count). The maximum absolute atomic E-state index is 14.1. The highest BCUT2D eigenvalue weighted by atomic mass is 32.2. The number of carbonyl (C=O) groups excluding carboxylic acids is 2. The van der Waals surface area contributed by atoms with Crippen molar-refractivity contribution in [2.24, 2.45) is 23.2 Å². The molecule has 1 atom stereocenters. The zero-order chi connectivity index (χ0) is 27.9. The molecular weight excluding hydrogens is 506 g/mol. The molecule has 1 unspecified atom stereocenters. The largest absolute Gasteiger partial charge is 0.444 e. The van der Waals surface area contributed by atoms with Crippen molar-refractivity contribution >= 4 is 23.8 Å². The number of unbranched alkanes of at least 4 members (excludes halogenated alkanes) is 2. The summed E-state index contributed by atoms with van der Waals surface area (Å²) < 4.78 is 5.56. The summed E-state index contributed by atoms with van der Waals surface area (Å²) in [5, 5.41) is 2.95. The van der Waals surface area contributed by atoms with Crippen molar-refractivity contribution < 1.29 is 14.3 Å². The van der Waals surface area contributed by atoms with Gasteiger partial charge in [0.1, 0.15) is 11.6 Å². The van der Waals surface area contributed by atoms with Crippen molar-refractivity contribution in [1.29, 1.82) is 0 Å². The molecule has 1 N–H and O–H groups in total. The highest BCUT2D eigenvalue weighted by Gasteiger charge is 2.50. The maximum Gasteiger partial charge on any atom is 0.408 e. The number of hydrogen-bond acceptors (Lipinski definition) is 5. The molecule has 4 saturated carbocycles. The molecule has 4 aliphatic carbocycles. The Morgan fingerprint density at radius 1 is 1.08 bits per heavy atom. The summed E-state index contributed by atoms with van der Waals surface area (Å²) in [6.07, 6.45) is 16.8. The smallest absolute Gasteiger partial charge is 0.408 e. The number of rotatable bonds is 14. The average molecular weight is 558 g/mol. The first kappa shape index (κ1) is 30.2. The van der Waals surface area contributed by atoms with E-state index in [9.17, 15) is 9.59 Å². The first-order valence-electron chi connectivity index (χ1n) is 15.4. The van der Waals surface area contributed by atoms with Gasteiger partial charge in [-0.3, -0.25) is 9.78 Å². The zero-order valence-corrected chi connectivity index (χ0v) is 25.6. The van der Waals surface area contributed by atoms with E-state index in [1.807, 2.05) is 45.3 Å². The number of aromatic nitrogens is 1. The third-order valence-electron chi connectivity index (χ3n) is 8.98. The topological polar surface area (TPSA) is 71.5 Å². The predicted octanol–water partition coefficient (Wildman–Crippen LogP) is 6.88. The lowest BCUT2D eigenvalue weighted by molar-refractivity contribution is -0.134. The molecule has 1 aromatic rings. The van der Waals surface area contributed by atoms with Gasteiger partial charge in [-0.25, -0.2) is 4.79 Å². The molecule has 4 aliphatic rings. The van der Waals surface area contributed by atoms with Crippen molar-refractivity contribution in [1.82, 2.24) is 15.2 Å². The van der Waals surface area contributed by atoms with E-state index in [0.29, 0.717) is 11.2 Å². The summed E-state index contributed by atoms with van der Waals surface area (Å²) in [7, 11) is 0. The monoisotopic (exact) mass is 557 g/mol. The average Bonchev–Trinajstić information content (AvgIpc) is 2.86. The molecule has 4 fully saturated rings. The lowest BCUT2D eigenvalue weighted by Crippen LogP contribution is -2.53. The van der Waals surface area contributed by atoms with E-state index in [0.717, 1.165) is 68.7 Å².